The number of aromatic hydroxyl groups is 4. The Balaban J connectivity index is -0.000000289. The highest BCUT2D eigenvalue weighted by molar-refractivity contribution is 14.1. The van der Waals surface area contributed by atoms with Crippen molar-refractivity contribution in [2.75, 3.05) is 62.6 Å². The van der Waals surface area contributed by atoms with E-state index in [0.717, 1.165) is 167 Å². The van der Waals surface area contributed by atoms with Crippen LogP contribution in [-0.4, -0.2) is 140 Å². The summed E-state index contributed by atoms with van der Waals surface area (Å²) in [5.74, 6) is 10.4. The minimum Gasteiger partial charge on any atom is -0.507 e. The number of phenolic OH excluding ortho intramolecular Hbond substituents is 4. The van der Waals surface area contributed by atoms with Gasteiger partial charge in [0.2, 0.25) is 0 Å². The van der Waals surface area contributed by atoms with Crippen molar-refractivity contribution in [3.63, 3.8) is 0 Å². The molecule has 0 radical (unpaired) electrons. The van der Waals surface area contributed by atoms with E-state index in [1.807, 2.05) is 135 Å². The van der Waals surface area contributed by atoms with Gasteiger partial charge in [-0.3, -0.25) is 28.8 Å². The van der Waals surface area contributed by atoms with Crippen molar-refractivity contribution in [3.8, 4) is 46.7 Å². The number of carbonyl (C=O) groups excluding carboxylic acids is 6. The molecule has 1 unspecified atom stereocenters. The van der Waals surface area contributed by atoms with Gasteiger partial charge >= 0.3 is 23.9 Å². The molecule has 0 spiro atoms. The third-order valence-corrected chi connectivity index (χ3v) is 20.4. The van der Waals surface area contributed by atoms with Crippen LogP contribution in [0.1, 0.15) is 365 Å². The molecule has 0 aliphatic rings. The average molecular weight is 2130 g/mol. The van der Waals surface area contributed by atoms with E-state index in [9.17, 15) is 49.2 Å². The first kappa shape index (κ1) is 142. The number of aldehydes is 2. The first-order chi connectivity index (χ1) is 64.1. The second kappa shape index (κ2) is 89.6. The quantitative estimate of drug-likeness (QED) is 0.00447. The summed E-state index contributed by atoms with van der Waals surface area (Å²) in [5.41, 5.74) is 9.37. The van der Waals surface area contributed by atoms with E-state index >= 15 is 0 Å². The Hall–Kier alpha value is -7.77. The molecule has 0 fully saturated rings. The van der Waals surface area contributed by atoms with E-state index in [1.54, 1.807) is 32.1 Å². The second-order valence-corrected chi connectivity index (χ2v) is 40.3. The van der Waals surface area contributed by atoms with Gasteiger partial charge in [0.05, 0.1) is 69.3 Å². The average Bonchev–Trinajstić information content (AvgIpc) is 0.798. The fraction of sp³-hybridized carbons (Fsp3) is 0.583. The predicted octanol–water partition coefficient (Wildman–Crippen LogP) is 30.2. The SMILES string of the molecule is C/C(=C\CC/C=C/CBr)COC(=O)C(C)(C)C.C/C(=C\CC/C=C/CO)COC(=O)C(C)(C)C.C/C(=C\CC/C=C/Cc1c(O)c(Cl)c(C)c(C=O)c1O)COC(=O)C(C)(C)C.CC(C)=CCC/C=C/CO.CC(C)=CCCC#CCO.CC(C)=CCI.CC/C=C/CC/C=C(\C)CO.CCC#CCCC=C(C)C.Cc1c(Cl)c(O)c(CCCCCCC(C)COC(=O)C(C)(C)C)c(O)c1C=O. The van der Waals surface area contributed by atoms with E-state index in [0.29, 0.717) is 61.4 Å². The molecule has 8 N–H and O–H groups in total. The Kier molecular flexibility index (Phi) is 93.0. The number of carbonyl (C=O) groups is 6. The molecule has 0 aliphatic carbocycles. The Morgan fingerprint density at radius 3 is 1.08 bits per heavy atom. The van der Waals surface area contributed by atoms with Crippen LogP contribution in [0, 0.1) is 65.1 Å². The van der Waals surface area contributed by atoms with Crippen LogP contribution in [0.3, 0.4) is 0 Å². The van der Waals surface area contributed by atoms with Crippen LogP contribution in [0.5, 0.6) is 23.0 Å². The molecule has 0 heterocycles. The van der Waals surface area contributed by atoms with Gasteiger partial charge in [0.15, 0.2) is 12.6 Å². The standard InChI is InChI=1S/C22H33ClO5.C22H29ClO5.C14H23BrO2.C14H24O3.C10H18O.C10H16.C9H16O.C9H14O.C5H9I/c2*1-14(13-28-21(27)22(3,4)5)10-8-6-7-9-11-16-19(25)17(12-24)15(2)18(23)20(16)26;2*1-12(9-7-5-6-8-10-15)11-17-13(16)14(2,3)4;1-3-4-5-6-7-8-10(2)9-11;1-4-5-6-7-8-9-10(2)3;2*1-9(2)7-5-3-4-6-8-10;1-5(2)3-4-6/h12,14,25-26H,6-11,13H2,1-5H3;7,9-10,12,25-26H,6,8,11,13H2,1-5H3;6,8-9H,5,7,10-11H2,1-4H3;6,8-9,15H,5,7,10-11H2,1-4H3;4-5,8,11H,3,6-7,9H2,1-2H3;9H,4,7-8H2,1-3H3;4,6-7,10H,3,5,8H2,1-2H3;7,10H,3,5,8H2,1-2H3;3H,4H2,1-2H3/b;9-7+,14-10+;2*8-6+,12-9+;5-4+,10-8+;;6-4+;;. The third-order valence-electron chi connectivity index (χ3n) is 18.7. The maximum atomic E-state index is 11.8. The van der Waals surface area contributed by atoms with Crippen molar-refractivity contribution in [1.82, 2.24) is 0 Å². The van der Waals surface area contributed by atoms with Crippen LogP contribution in [-0.2, 0) is 51.0 Å². The zero-order chi connectivity index (χ0) is 107. The molecule has 778 valence electrons. The van der Waals surface area contributed by atoms with E-state index in [4.69, 9.17) is 62.6 Å². The number of allylic oxidation sites excluding steroid dienone is 20. The summed E-state index contributed by atoms with van der Waals surface area (Å²) in [6.07, 6.45) is 58.9. The van der Waals surface area contributed by atoms with Crippen molar-refractivity contribution in [2.45, 2.75) is 348 Å². The van der Waals surface area contributed by atoms with Crippen LogP contribution < -0.4 is 0 Å². The van der Waals surface area contributed by atoms with Gasteiger partial charge in [0, 0.05) is 40.1 Å². The molecule has 0 aromatic heterocycles. The first-order valence-electron chi connectivity index (χ1n) is 48.1. The van der Waals surface area contributed by atoms with Crippen molar-refractivity contribution in [2.24, 2.45) is 27.6 Å². The highest BCUT2D eigenvalue weighted by atomic mass is 127. The summed E-state index contributed by atoms with van der Waals surface area (Å²) in [7, 11) is 0. The summed E-state index contributed by atoms with van der Waals surface area (Å²) in [6.45, 7) is 58.0. The van der Waals surface area contributed by atoms with E-state index in [-0.39, 0.29) is 113 Å². The van der Waals surface area contributed by atoms with Crippen LogP contribution in [0.4, 0.5) is 0 Å². The topological polar surface area (TPSA) is 301 Å². The summed E-state index contributed by atoms with van der Waals surface area (Å²) in [5, 5.41) is 75.6. The molecule has 137 heavy (non-hydrogen) atoms. The summed E-state index contributed by atoms with van der Waals surface area (Å²) in [6, 6.07) is 0. The zero-order valence-electron chi connectivity index (χ0n) is 89.6. The van der Waals surface area contributed by atoms with Crippen molar-refractivity contribution >= 4 is 98.2 Å². The number of esters is 4. The van der Waals surface area contributed by atoms with Gasteiger partial charge in [-0.25, -0.2) is 0 Å². The molecular formula is C115H182BrCl2IO18. The number of phenols is 4. The van der Waals surface area contributed by atoms with E-state index in [1.165, 1.54) is 22.3 Å². The zero-order valence-corrected chi connectivity index (χ0v) is 94.9. The van der Waals surface area contributed by atoms with E-state index in [2.05, 4.69) is 205 Å². The fourth-order valence-corrected chi connectivity index (χ4v) is 11.9. The van der Waals surface area contributed by atoms with Crippen LogP contribution in [0.2, 0.25) is 10.0 Å². The normalized spacial score (nSPS) is 11.7. The first-order valence-corrected chi connectivity index (χ1v) is 51.5. The Labute approximate surface area is 863 Å². The third kappa shape index (κ3) is 87.0. The number of aliphatic hydroxyl groups is 4. The summed E-state index contributed by atoms with van der Waals surface area (Å²) < 4.78 is 22.1. The molecule has 2 aromatic carbocycles. The lowest BCUT2D eigenvalue weighted by atomic mass is 9.96. The van der Waals surface area contributed by atoms with Crippen LogP contribution in [0.25, 0.3) is 0 Å². The smallest absolute Gasteiger partial charge is 0.311 e. The number of benzene rings is 2. The lowest BCUT2D eigenvalue weighted by molar-refractivity contribution is -0.154. The monoisotopic (exact) mass is 2130 g/mol. The molecule has 0 amide bonds. The van der Waals surface area contributed by atoms with Gasteiger partial charge in [0.1, 0.15) is 49.4 Å². The van der Waals surface area contributed by atoms with Gasteiger partial charge in [0.25, 0.3) is 0 Å². The Morgan fingerprint density at radius 1 is 0.409 bits per heavy atom. The number of unbranched alkanes of at least 4 members (excludes halogenated alkanes) is 10. The molecule has 0 aliphatic heterocycles. The lowest BCUT2D eigenvalue weighted by Gasteiger charge is -2.19. The van der Waals surface area contributed by atoms with E-state index < -0.39 is 21.7 Å². The number of rotatable bonds is 44. The molecule has 2 aromatic rings. The van der Waals surface area contributed by atoms with Crippen molar-refractivity contribution < 1.29 is 88.6 Å². The predicted molar refractivity (Wildman–Crippen MR) is 591 cm³/mol. The molecule has 0 saturated heterocycles. The highest BCUT2D eigenvalue weighted by Gasteiger charge is 2.27. The summed E-state index contributed by atoms with van der Waals surface area (Å²) in [4.78, 5) is 68.8. The lowest BCUT2D eigenvalue weighted by Crippen LogP contribution is -2.24. The number of hydrogen-bond acceptors (Lipinski definition) is 18. The number of aliphatic hydroxyl groups excluding tert-OH is 4. The molecule has 18 nitrogen and oxygen atoms in total. The molecule has 0 bridgehead atoms. The van der Waals surface area contributed by atoms with Gasteiger partial charge in [-0.1, -0.05) is 245 Å². The molecule has 2 rings (SSSR count). The summed E-state index contributed by atoms with van der Waals surface area (Å²) >= 11 is 17.7. The van der Waals surface area contributed by atoms with Crippen molar-refractivity contribution in [1.29, 1.82) is 0 Å². The second-order valence-electron chi connectivity index (χ2n) is 38.0. The van der Waals surface area contributed by atoms with Crippen LogP contribution in [0.15, 0.2) is 154 Å². The van der Waals surface area contributed by atoms with Crippen LogP contribution >= 0.6 is 61.7 Å². The minimum absolute atomic E-state index is 0.0190. The molecular weight excluding hydrogens is 1950 g/mol. The molecule has 0 saturated carbocycles. The molecule has 22 heteroatoms. The molecule has 1 atom stereocenters. The fourth-order valence-electron chi connectivity index (χ4n) is 10.3. The Morgan fingerprint density at radius 2 is 0.745 bits per heavy atom. The maximum Gasteiger partial charge on any atom is 0.311 e. The largest absolute Gasteiger partial charge is 0.507 e. The highest BCUT2D eigenvalue weighted by Crippen LogP contribution is 2.42. The number of alkyl halides is 2. The van der Waals surface area contributed by atoms with Gasteiger partial charge in [-0.2, -0.15) is 0 Å². The van der Waals surface area contributed by atoms with Gasteiger partial charge < -0.3 is 59.8 Å². The van der Waals surface area contributed by atoms with Gasteiger partial charge in [-0.05, 0) is 323 Å². The van der Waals surface area contributed by atoms with Gasteiger partial charge in [-0.15, -0.1) is 17.8 Å². The number of ether oxygens (including phenoxy) is 4. The maximum absolute atomic E-state index is 11.8. The minimum atomic E-state index is -0.511. The number of halogens is 4. The Bertz CT molecular complexity index is 4120. The van der Waals surface area contributed by atoms with Crippen molar-refractivity contribution in [3.05, 3.63) is 197 Å². The number of hydrogen-bond donors (Lipinski definition) is 8.